The Morgan fingerprint density at radius 2 is 2.26 bits per heavy atom. The number of hydrogen-bond donors (Lipinski definition) is 2. The number of carbonyl (C=O) groups is 1. The van der Waals surface area contributed by atoms with Crippen molar-refractivity contribution in [1.82, 2.24) is 10.3 Å². The molecule has 2 atom stereocenters. The van der Waals surface area contributed by atoms with Crippen molar-refractivity contribution >= 4 is 29.7 Å². The standard InChI is InChI=1S/C13H21N3OS.ClH/c1-9-3-2-4-10(6-5-9)15-13(17)11-8-18-12(7-14)16-11;/h8-10H,2-7,14H2,1H3,(H,15,17);1H. The first-order valence-electron chi connectivity index (χ1n) is 6.64. The number of nitrogens with one attached hydrogen (secondary N) is 1. The molecule has 1 aromatic heterocycles. The maximum absolute atomic E-state index is 12.0. The fraction of sp³-hybridized carbons (Fsp3) is 0.692. The molecule has 1 amide bonds. The fourth-order valence-corrected chi connectivity index (χ4v) is 3.05. The summed E-state index contributed by atoms with van der Waals surface area (Å²) < 4.78 is 0. The van der Waals surface area contributed by atoms with Crippen LogP contribution < -0.4 is 11.1 Å². The molecule has 2 rings (SSSR count). The summed E-state index contributed by atoms with van der Waals surface area (Å²) in [4.78, 5) is 16.2. The highest BCUT2D eigenvalue weighted by molar-refractivity contribution is 7.09. The molecule has 3 N–H and O–H groups in total. The molecule has 2 unspecified atom stereocenters. The number of hydrogen-bond acceptors (Lipinski definition) is 4. The van der Waals surface area contributed by atoms with E-state index in [0.29, 0.717) is 18.3 Å². The van der Waals surface area contributed by atoms with Crippen LogP contribution in [0, 0.1) is 5.92 Å². The highest BCUT2D eigenvalue weighted by Crippen LogP contribution is 2.22. The third kappa shape index (κ3) is 4.75. The summed E-state index contributed by atoms with van der Waals surface area (Å²) >= 11 is 1.45. The van der Waals surface area contributed by atoms with Crippen LogP contribution in [0.2, 0.25) is 0 Å². The van der Waals surface area contributed by atoms with E-state index < -0.39 is 0 Å². The normalized spacial score (nSPS) is 23.3. The molecule has 0 spiro atoms. The fourth-order valence-electron chi connectivity index (χ4n) is 2.40. The van der Waals surface area contributed by atoms with Crippen LogP contribution in [0.25, 0.3) is 0 Å². The molecule has 19 heavy (non-hydrogen) atoms. The van der Waals surface area contributed by atoms with Crippen LogP contribution in [0.1, 0.15) is 54.5 Å². The van der Waals surface area contributed by atoms with Gasteiger partial charge in [-0.1, -0.05) is 19.8 Å². The summed E-state index contributed by atoms with van der Waals surface area (Å²) in [6, 6.07) is 0.311. The first-order chi connectivity index (χ1) is 8.69. The van der Waals surface area contributed by atoms with Crippen LogP contribution in [0.4, 0.5) is 0 Å². The maximum Gasteiger partial charge on any atom is 0.270 e. The van der Waals surface area contributed by atoms with Gasteiger partial charge in [0.15, 0.2) is 0 Å². The van der Waals surface area contributed by atoms with Gasteiger partial charge in [0.2, 0.25) is 0 Å². The summed E-state index contributed by atoms with van der Waals surface area (Å²) in [5.74, 6) is 0.737. The Morgan fingerprint density at radius 1 is 1.47 bits per heavy atom. The predicted octanol–water partition coefficient (Wildman–Crippen LogP) is 2.72. The van der Waals surface area contributed by atoms with E-state index in [1.807, 2.05) is 0 Å². The van der Waals surface area contributed by atoms with Crippen molar-refractivity contribution in [1.29, 1.82) is 0 Å². The number of rotatable bonds is 3. The Hall–Kier alpha value is -0.650. The molecule has 0 bridgehead atoms. The molecule has 0 radical (unpaired) electrons. The zero-order chi connectivity index (χ0) is 13.0. The smallest absolute Gasteiger partial charge is 0.270 e. The Bertz CT molecular complexity index is 410. The highest BCUT2D eigenvalue weighted by Gasteiger charge is 2.19. The van der Waals surface area contributed by atoms with Crippen LogP contribution in [0.3, 0.4) is 0 Å². The summed E-state index contributed by atoms with van der Waals surface area (Å²) in [6.45, 7) is 2.69. The van der Waals surface area contributed by atoms with Gasteiger partial charge in [-0.25, -0.2) is 4.98 Å². The third-order valence-corrected chi connectivity index (χ3v) is 4.42. The van der Waals surface area contributed by atoms with Crippen molar-refractivity contribution in [2.45, 2.75) is 51.6 Å². The molecule has 1 fully saturated rings. The zero-order valence-electron chi connectivity index (χ0n) is 11.2. The Morgan fingerprint density at radius 3 is 2.95 bits per heavy atom. The first-order valence-corrected chi connectivity index (χ1v) is 7.52. The van der Waals surface area contributed by atoms with Crippen LogP contribution in [-0.2, 0) is 6.54 Å². The minimum absolute atomic E-state index is 0. The second-order valence-electron chi connectivity index (χ2n) is 5.11. The van der Waals surface area contributed by atoms with Crippen molar-refractivity contribution in [3.05, 3.63) is 16.1 Å². The Labute approximate surface area is 124 Å². The van der Waals surface area contributed by atoms with E-state index in [2.05, 4.69) is 17.2 Å². The van der Waals surface area contributed by atoms with Gasteiger partial charge in [0.25, 0.3) is 5.91 Å². The zero-order valence-corrected chi connectivity index (χ0v) is 12.9. The molecule has 0 saturated heterocycles. The third-order valence-electron chi connectivity index (χ3n) is 3.55. The topological polar surface area (TPSA) is 68.0 Å². The summed E-state index contributed by atoms with van der Waals surface area (Å²) in [5, 5.41) is 5.70. The largest absolute Gasteiger partial charge is 0.348 e. The van der Waals surface area contributed by atoms with Crippen molar-refractivity contribution in [2.24, 2.45) is 11.7 Å². The van der Waals surface area contributed by atoms with Gasteiger partial charge in [-0.3, -0.25) is 4.79 Å². The second-order valence-corrected chi connectivity index (χ2v) is 6.06. The number of amides is 1. The number of aromatic nitrogens is 1. The molecule has 108 valence electrons. The van der Waals surface area contributed by atoms with Crippen LogP contribution in [0.5, 0.6) is 0 Å². The van der Waals surface area contributed by atoms with E-state index in [0.717, 1.165) is 23.8 Å². The highest BCUT2D eigenvalue weighted by atomic mass is 35.5. The predicted molar refractivity (Wildman–Crippen MR) is 80.8 cm³/mol. The van der Waals surface area contributed by atoms with Gasteiger partial charge in [0.05, 0.1) is 0 Å². The van der Waals surface area contributed by atoms with E-state index in [1.165, 1.54) is 30.6 Å². The molecular weight excluding hydrogens is 282 g/mol. The van der Waals surface area contributed by atoms with Gasteiger partial charge in [0, 0.05) is 18.0 Å². The molecule has 6 heteroatoms. The van der Waals surface area contributed by atoms with Crippen molar-refractivity contribution < 1.29 is 4.79 Å². The van der Waals surface area contributed by atoms with E-state index in [4.69, 9.17) is 5.73 Å². The lowest BCUT2D eigenvalue weighted by Crippen LogP contribution is -2.34. The average molecular weight is 304 g/mol. The van der Waals surface area contributed by atoms with Crippen molar-refractivity contribution in [2.75, 3.05) is 0 Å². The van der Waals surface area contributed by atoms with E-state index in [9.17, 15) is 4.79 Å². The summed E-state index contributed by atoms with van der Waals surface area (Å²) in [7, 11) is 0. The number of nitrogens with two attached hydrogens (primary N) is 1. The molecule has 0 aromatic carbocycles. The van der Waals surface area contributed by atoms with Crippen LogP contribution in [0.15, 0.2) is 5.38 Å². The lowest BCUT2D eigenvalue weighted by atomic mass is 10.0. The summed E-state index contributed by atoms with van der Waals surface area (Å²) in [5.41, 5.74) is 6.01. The van der Waals surface area contributed by atoms with E-state index in [-0.39, 0.29) is 18.3 Å². The average Bonchev–Trinajstić information content (AvgIpc) is 2.76. The van der Waals surface area contributed by atoms with Crippen LogP contribution in [-0.4, -0.2) is 16.9 Å². The molecular formula is C13H22ClN3OS. The monoisotopic (exact) mass is 303 g/mol. The maximum atomic E-state index is 12.0. The number of carbonyl (C=O) groups excluding carboxylic acids is 1. The molecule has 4 nitrogen and oxygen atoms in total. The Kier molecular flexibility index (Phi) is 6.75. The minimum atomic E-state index is -0.0505. The quantitative estimate of drug-likeness (QED) is 0.844. The molecule has 1 aliphatic carbocycles. The van der Waals surface area contributed by atoms with Crippen LogP contribution >= 0.6 is 23.7 Å². The lowest BCUT2D eigenvalue weighted by Gasteiger charge is -2.15. The van der Waals surface area contributed by atoms with Gasteiger partial charge in [-0.2, -0.15) is 0 Å². The number of thiazole rings is 1. The van der Waals surface area contributed by atoms with Crippen molar-refractivity contribution in [3.63, 3.8) is 0 Å². The Balaban J connectivity index is 0.00000180. The molecule has 1 saturated carbocycles. The summed E-state index contributed by atoms with van der Waals surface area (Å²) in [6.07, 6.45) is 5.86. The van der Waals surface area contributed by atoms with E-state index in [1.54, 1.807) is 5.38 Å². The first kappa shape index (κ1) is 16.4. The van der Waals surface area contributed by atoms with Gasteiger partial charge in [0.1, 0.15) is 10.7 Å². The lowest BCUT2D eigenvalue weighted by molar-refractivity contribution is 0.0928. The SMILES string of the molecule is CC1CCCC(NC(=O)c2csc(CN)n2)CC1.Cl. The van der Waals surface area contributed by atoms with Gasteiger partial charge >= 0.3 is 0 Å². The molecule has 0 aliphatic heterocycles. The molecule has 1 heterocycles. The van der Waals surface area contributed by atoms with Gasteiger partial charge in [-0.15, -0.1) is 23.7 Å². The minimum Gasteiger partial charge on any atom is -0.348 e. The van der Waals surface area contributed by atoms with Gasteiger partial charge < -0.3 is 11.1 Å². The van der Waals surface area contributed by atoms with Crippen molar-refractivity contribution in [3.8, 4) is 0 Å². The number of halogens is 1. The molecule has 1 aromatic rings. The second kappa shape index (κ2) is 7.82. The molecule has 1 aliphatic rings. The number of nitrogens with zero attached hydrogens (tertiary/aromatic N) is 1. The van der Waals surface area contributed by atoms with E-state index >= 15 is 0 Å². The van der Waals surface area contributed by atoms with Gasteiger partial charge in [-0.05, 0) is 25.2 Å².